The van der Waals surface area contributed by atoms with Crippen LogP contribution in [0.15, 0.2) is 24.3 Å². The summed E-state index contributed by atoms with van der Waals surface area (Å²) < 4.78 is 0. The minimum absolute atomic E-state index is 0.00845. The van der Waals surface area contributed by atoms with Crippen molar-refractivity contribution in [1.29, 1.82) is 0 Å². The van der Waals surface area contributed by atoms with E-state index in [0.29, 0.717) is 5.82 Å². The molecule has 2 heterocycles. The van der Waals surface area contributed by atoms with Gasteiger partial charge in [0, 0.05) is 26.2 Å². The number of hydrogen-bond donors (Lipinski definition) is 1. The van der Waals surface area contributed by atoms with Crippen molar-refractivity contribution in [3.05, 3.63) is 35.5 Å². The van der Waals surface area contributed by atoms with Gasteiger partial charge in [0.05, 0.1) is 5.69 Å². The Kier molecular flexibility index (Phi) is 4.29. The quantitative estimate of drug-likeness (QED) is 0.916. The Labute approximate surface area is 135 Å². The first-order valence-electron chi connectivity index (χ1n) is 7.82. The maximum absolute atomic E-state index is 11.5. The van der Waals surface area contributed by atoms with E-state index < -0.39 is 5.97 Å². The molecular weight excluding hydrogens is 294 g/mol. The normalized spacial score (nSPS) is 15.8. The lowest BCUT2D eigenvalue weighted by Crippen LogP contribution is -2.45. The number of hydrogen-bond acceptors (Lipinski definition) is 5. The summed E-state index contributed by atoms with van der Waals surface area (Å²) in [5.74, 6) is -0.597. The van der Waals surface area contributed by atoms with Gasteiger partial charge < -0.3 is 14.9 Å². The van der Waals surface area contributed by atoms with Gasteiger partial charge in [0.1, 0.15) is 0 Å². The van der Waals surface area contributed by atoms with Gasteiger partial charge in [-0.2, -0.15) is 0 Å². The van der Waals surface area contributed by atoms with Gasteiger partial charge in [-0.15, -0.1) is 15.0 Å². The van der Waals surface area contributed by atoms with Crippen molar-refractivity contribution in [3.63, 3.8) is 0 Å². The van der Waals surface area contributed by atoms with E-state index in [4.69, 9.17) is 0 Å². The van der Waals surface area contributed by atoms with Crippen LogP contribution in [-0.2, 0) is 6.42 Å². The number of aryl methyl sites for hydroxylation is 1. The number of benzene rings is 1. The Morgan fingerprint density at radius 1 is 1.13 bits per heavy atom. The molecule has 0 radical (unpaired) electrons. The number of anilines is 1. The maximum Gasteiger partial charge on any atom is 0.360 e. The van der Waals surface area contributed by atoms with Gasteiger partial charge in [-0.1, -0.05) is 19.1 Å². The highest BCUT2D eigenvalue weighted by Gasteiger charge is 2.25. The molecule has 23 heavy (non-hydrogen) atoms. The van der Waals surface area contributed by atoms with Gasteiger partial charge in [-0.3, -0.25) is 0 Å². The minimum Gasteiger partial charge on any atom is -0.476 e. The van der Waals surface area contributed by atoms with Crippen LogP contribution in [0.5, 0.6) is 0 Å². The molecule has 7 heteroatoms. The molecule has 1 saturated heterocycles. The van der Waals surface area contributed by atoms with E-state index in [9.17, 15) is 9.90 Å². The van der Waals surface area contributed by atoms with Crippen LogP contribution in [0.1, 0.15) is 23.0 Å². The molecule has 0 saturated carbocycles. The molecule has 0 amide bonds. The molecule has 1 aromatic heterocycles. The van der Waals surface area contributed by atoms with Crippen molar-refractivity contribution >= 4 is 11.8 Å². The lowest BCUT2D eigenvalue weighted by Gasteiger charge is -2.32. The summed E-state index contributed by atoms with van der Waals surface area (Å²) in [6.07, 6.45) is 0.958. The number of carbonyl (C=O) groups is 1. The number of aromatic nitrogens is 3. The van der Waals surface area contributed by atoms with E-state index in [1.807, 2.05) is 29.2 Å². The summed E-state index contributed by atoms with van der Waals surface area (Å²) in [7, 11) is 2.06. The predicted octanol–water partition coefficient (Wildman–Crippen LogP) is 1.28. The molecule has 0 aliphatic carbocycles. The lowest BCUT2D eigenvalue weighted by atomic mass is 10.2. The van der Waals surface area contributed by atoms with Crippen LogP contribution in [0.3, 0.4) is 0 Å². The zero-order valence-corrected chi connectivity index (χ0v) is 13.4. The molecule has 0 spiro atoms. The van der Waals surface area contributed by atoms with Crippen molar-refractivity contribution in [3.8, 4) is 5.69 Å². The molecule has 122 valence electrons. The van der Waals surface area contributed by atoms with Gasteiger partial charge in [0.15, 0.2) is 5.82 Å². The fraction of sp³-hybridized carbons (Fsp3) is 0.438. The second kappa shape index (κ2) is 6.37. The van der Waals surface area contributed by atoms with Crippen molar-refractivity contribution in [1.82, 2.24) is 19.9 Å². The molecule has 1 aromatic carbocycles. The van der Waals surface area contributed by atoms with Crippen LogP contribution in [0.2, 0.25) is 0 Å². The number of nitrogens with zero attached hydrogens (tertiary/aromatic N) is 5. The molecule has 0 bridgehead atoms. The fourth-order valence-electron chi connectivity index (χ4n) is 2.65. The van der Waals surface area contributed by atoms with Crippen LogP contribution in [-0.4, -0.2) is 64.2 Å². The van der Waals surface area contributed by atoms with Crippen molar-refractivity contribution < 1.29 is 9.90 Å². The van der Waals surface area contributed by atoms with Gasteiger partial charge in [0.25, 0.3) is 0 Å². The minimum atomic E-state index is -1.05. The highest BCUT2D eigenvalue weighted by atomic mass is 16.4. The molecular formula is C16H21N5O2. The van der Waals surface area contributed by atoms with Gasteiger partial charge in [-0.25, -0.2) is 4.79 Å². The Hall–Kier alpha value is -2.41. The number of carboxylic acid groups (broad SMARTS) is 1. The summed E-state index contributed by atoms with van der Waals surface area (Å²) in [6, 6.07) is 7.85. The van der Waals surface area contributed by atoms with Crippen LogP contribution in [0.4, 0.5) is 5.82 Å². The van der Waals surface area contributed by atoms with Crippen molar-refractivity contribution in [2.24, 2.45) is 0 Å². The summed E-state index contributed by atoms with van der Waals surface area (Å²) in [5, 5.41) is 18.1. The lowest BCUT2D eigenvalue weighted by molar-refractivity contribution is 0.0690. The molecule has 0 atom stereocenters. The van der Waals surface area contributed by atoms with E-state index in [2.05, 4.69) is 29.1 Å². The first-order valence-corrected chi connectivity index (χ1v) is 7.82. The smallest absolute Gasteiger partial charge is 0.360 e. The number of piperazine rings is 1. The highest BCUT2D eigenvalue weighted by molar-refractivity contribution is 5.91. The third-order valence-electron chi connectivity index (χ3n) is 4.18. The van der Waals surface area contributed by atoms with Crippen molar-refractivity contribution in [2.45, 2.75) is 13.3 Å². The van der Waals surface area contributed by atoms with Crippen LogP contribution in [0.25, 0.3) is 5.69 Å². The standard InChI is InChI=1S/C16H21N5O2/c1-3-12-4-6-13(7-5-12)21-17-14(16(22)23)15(18-21)20-10-8-19(2)9-11-20/h4-7H,3,8-11H2,1-2H3,(H,22,23). The number of carboxylic acids is 1. The van der Waals surface area contributed by atoms with Crippen LogP contribution < -0.4 is 4.90 Å². The zero-order chi connectivity index (χ0) is 16.4. The van der Waals surface area contributed by atoms with Crippen LogP contribution >= 0.6 is 0 Å². The third-order valence-corrected chi connectivity index (χ3v) is 4.18. The topological polar surface area (TPSA) is 74.5 Å². The monoisotopic (exact) mass is 315 g/mol. The van der Waals surface area contributed by atoms with Gasteiger partial charge in [-0.05, 0) is 31.2 Å². The molecule has 1 N–H and O–H groups in total. The maximum atomic E-state index is 11.5. The molecule has 1 aliphatic heterocycles. The zero-order valence-electron chi connectivity index (χ0n) is 13.4. The van der Waals surface area contributed by atoms with E-state index in [1.165, 1.54) is 10.4 Å². The van der Waals surface area contributed by atoms with E-state index in [-0.39, 0.29) is 5.69 Å². The number of rotatable bonds is 4. The Bertz CT molecular complexity index is 687. The van der Waals surface area contributed by atoms with Crippen molar-refractivity contribution in [2.75, 3.05) is 38.1 Å². The Morgan fingerprint density at radius 3 is 2.35 bits per heavy atom. The molecule has 0 unspecified atom stereocenters. The average molecular weight is 315 g/mol. The van der Waals surface area contributed by atoms with Gasteiger partial charge >= 0.3 is 5.97 Å². The number of aromatic carboxylic acids is 1. The third kappa shape index (κ3) is 3.19. The summed E-state index contributed by atoms with van der Waals surface area (Å²) >= 11 is 0. The van der Waals surface area contributed by atoms with Crippen LogP contribution in [0, 0.1) is 0 Å². The molecule has 3 rings (SSSR count). The average Bonchev–Trinajstić information content (AvgIpc) is 3.01. The largest absolute Gasteiger partial charge is 0.476 e. The predicted molar refractivity (Wildman–Crippen MR) is 87.4 cm³/mol. The van der Waals surface area contributed by atoms with E-state index in [0.717, 1.165) is 38.3 Å². The summed E-state index contributed by atoms with van der Waals surface area (Å²) in [4.78, 5) is 17.1. The second-order valence-electron chi connectivity index (χ2n) is 5.78. The van der Waals surface area contributed by atoms with E-state index >= 15 is 0 Å². The fourth-order valence-corrected chi connectivity index (χ4v) is 2.65. The SMILES string of the molecule is CCc1ccc(-n2nc(C(=O)O)c(N3CCN(C)CC3)n2)cc1. The summed E-state index contributed by atoms with van der Waals surface area (Å²) in [5.41, 5.74) is 2.00. The first-order chi connectivity index (χ1) is 11.1. The molecule has 2 aromatic rings. The first kappa shape index (κ1) is 15.5. The van der Waals surface area contributed by atoms with Gasteiger partial charge in [0.2, 0.25) is 5.69 Å². The van der Waals surface area contributed by atoms with E-state index in [1.54, 1.807) is 0 Å². The molecule has 1 fully saturated rings. The molecule has 7 nitrogen and oxygen atoms in total. The Balaban J connectivity index is 1.93. The summed E-state index contributed by atoms with van der Waals surface area (Å²) in [6.45, 7) is 5.37. The number of likely N-dealkylation sites (N-methyl/N-ethyl adjacent to an activating group) is 1. The molecule has 1 aliphatic rings. The Morgan fingerprint density at radius 2 is 1.78 bits per heavy atom. The highest BCUT2D eigenvalue weighted by Crippen LogP contribution is 2.20. The second-order valence-corrected chi connectivity index (χ2v) is 5.78.